The van der Waals surface area contributed by atoms with Gasteiger partial charge in [-0.25, -0.2) is 9.78 Å². The van der Waals surface area contributed by atoms with Crippen LogP contribution in [0.1, 0.15) is 22.6 Å². The van der Waals surface area contributed by atoms with Crippen molar-refractivity contribution in [2.24, 2.45) is 0 Å². The van der Waals surface area contributed by atoms with Gasteiger partial charge < -0.3 is 14.7 Å². The van der Waals surface area contributed by atoms with Crippen LogP contribution in [0.15, 0.2) is 59.4 Å². The van der Waals surface area contributed by atoms with E-state index in [1.807, 2.05) is 30.3 Å². The number of carbonyl (C=O) groups is 1. The maximum Gasteiger partial charge on any atom is 0.339 e. The van der Waals surface area contributed by atoms with Crippen molar-refractivity contribution in [2.45, 2.75) is 12.8 Å². The second-order valence-electron chi connectivity index (χ2n) is 6.03. The number of pyridine rings is 1. The summed E-state index contributed by atoms with van der Waals surface area (Å²) in [6.45, 7) is 0.261. The molecular formula is C20H17N3O3. The van der Waals surface area contributed by atoms with Crippen LogP contribution in [-0.2, 0) is 11.2 Å². The van der Waals surface area contributed by atoms with Crippen LogP contribution >= 0.6 is 0 Å². The summed E-state index contributed by atoms with van der Waals surface area (Å²) in [5, 5.41) is 0.675. The van der Waals surface area contributed by atoms with E-state index in [1.54, 1.807) is 18.2 Å². The number of esters is 1. The van der Waals surface area contributed by atoms with Crippen molar-refractivity contribution >= 4 is 27.9 Å². The molecule has 4 rings (SSSR count). The van der Waals surface area contributed by atoms with E-state index in [2.05, 4.69) is 15.0 Å². The highest BCUT2D eigenvalue weighted by Gasteiger charge is 2.13. The Hall–Kier alpha value is -3.41. The third-order valence-corrected chi connectivity index (χ3v) is 4.20. The quantitative estimate of drug-likeness (QED) is 0.429. The third kappa shape index (κ3) is 3.21. The Morgan fingerprint density at radius 2 is 1.77 bits per heavy atom. The van der Waals surface area contributed by atoms with E-state index in [0.29, 0.717) is 23.7 Å². The predicted molar refractivity (Wildman–Crippen MR) is 99.3 cm³/mol. The van der Waals surface area contributed by atoms with Gasteiger partial charge in [0.05, 0.1) is 23.2 Å². The molecule has 0 radical (unpaired) electrons. The molecule has 0 atom stereocenters. The molecule has 26 heavy (non-hydrogen) atoms. The van der Waals surface area contributed by atoms with Crippen LogP contribution in [0.2, 0.25) is 0 Å². The molecule has 2 N–H and O–H groups in total. The molecule has 2 heterocycles. The van der Waals surface area contributed by atoms with Crippen LogP contribution in [0.25, 0.3) is 21.9 Å². The predicted octanol–water partition coefficient (Wildman–Crippen LogP) is 3.19. The Morgan fingerprint density at radius 3 is 2.62 bits per heavy atom. The number of nitrogens with one attached hydrogen (secondary N) is 2. The van der Waals surface area contributed by atoms with Crippen LogP contribution in [0, 0.1) is 0 Å². The molecule has 2 aromatic heterocycles. The molecule has 0 aliphatic rings. The Morgan fingerprint density at radius 1 is 1.00 bits per heavy atom. The van der Waals surface area contributed by atoms with Crippen molar-refractivity contribution in [3.63, 3.8) is 0 Å². The van der Waals surface area contributed by atoms with Gasteiger partial charge in [0.15, 0.2) is 0 Å². The highest BCUT2D eigenvalue weighted by Crippen LogP contribution is 2.16. The maximum absolute atomic E-state index is 12.4. The molecule has 0 aliphatic heterocycles. The number of rotatable bonds is 5. The van der Waals surface area contributed by atoms with E-state index >= 15 is 0 Å². The van der Waals surface area contributed by atoms with Crippen LogP contribution in [0.5, 0.6) is 0 Å². The lowest BCUT2D eigenvalue weighted by atomic mass is 10.1. The Bertz CT molecular complexity index is 1110. The first kappa shape index (κ1) is 16.1. The molecule has 4 aromatic rings. The van der Waals surface area contributed by atoms with Gasteiger partial charge in [-0.3, -0.25) is 4.79 Å². The summed E-state index contributed by atoms with van der Waals surface area (Å²) in [4.78, 5) is 34.6. The first-order chi connectivity index (χ1) is 12.7. The van der Waals surface area contributed by atoms with E-state index in [9.17, 15) is 9.59 Å². The number of H-pyrrole nitrogens is 2. The molecule has 0 aliphatic carbocycles. The monoisotopic (exact) mass is 347 g/mol. The number of aromatic amines is 2. The van der Waals surface area contributed by atoms with Gasteiger partial charge in [-0.05, 0) is 24.6 Å². The Balaban J connectivity index is 1.40. The second-order valence-corrected chi connectivity index (χ2v) is 6.03. The zero-order chi connectivity index (χ0) is 17.9. The summed E-state index contributed by atoms with van der Waals surface area (Å²) in [6.07, 6.45) is 1.32. The van der Waals surface area contributed by atoms with E-state index in [4.69, 9.17) is 4.74 Å². The number of fused-ring (bicyclic) bond motifs is 2. The SMILES string of the molecule is O=C(OCCCc1nc2ccccc2[nH]1)c1cc(=O)[nH]c2ccccc12. The van der Waals surface area contributed by atoms with Gasteiger partial charge in [-0.1, -0.05) is 30.3 Å². The zero-order valence-corrected chi connectivity index (χ0v) is 14.0. The fourth-order valence-electron chi connectivity index (χ4n) is 2.98. The number of hydrogen-bond acceptors (Lipinski definition) is 4. The van der Waals surface area contributed by atoms with E-state index in [0.717, 1.165) is 16.9 Å². The maximum atomic E-state index is 12.4. The number of para-hydroxylation sites is 3. The zero-order valence-electron chi connectivity index (χ0n) is 14.0. The Labute approximate surface area is 148 Å². The number of hydrogen-bond donors (Lipinski definition) is 2. The molecule has 0 saturated heterocycles. The van der Waals surface area contributed by atoms with Crippen molar-refractivity contribution in [3.8, 4) is 0 Å². The van der Waals surface area contributed by atoms with Crippen LogP contribution < -0.4 is 5.56 Å². The normalized spacial score (nSPS) is 11.1. The van der Waals surface area contributed by atoms with Gasteiger partial charge in [0.2, 0.25) is 5.56 Å². The molecule has 130 valence electrons. The third-order valence-electron chi connectivity index (χ3n) is 4.20. The van der Waals surface area contributed by atoms with Crippen molar-refractivity contribution in [2.75, 3.05) is 6.61 Å². The molecule has 6 heteroatoms. The Kier molecular flexibility index (Phi) is 4.23. The average Bonchev–Trinajstić information content (AvgIpc) is 3.07. The standard InChI is InChI=1S/C20H17N3O3/c24-19-12-14(13-6-1-2-7-15(13)23-19)20(25)26-11-5-10-18-21-16-8-3-4-9-17(16)22-18/h1-4,6-9,12H,5,10-11H2,(H,21,22)(H,23,24). The molecule has 6 nitrogen and oxygen atoms in total. The number of benzene rings is 2. The minimum Gasteiger partial charge on any atom is -0.462 e. The lowest BCUT2D eigenvalue weighted by Gasteiger charge is -2.07. The summed E-state index contributed by atoms with van der Waals surface area (Å²) in [7, 11) is 0. The highest BCUT2D eigenvalue weighted by atomic mass is 16.5. The van der Waals surface area contributed by atoms with Gasteiger partial charge in [-0.2, -0.15) is 0 Å². The summed E-state index contributed by atoms with van der Waals surface area (Å²) in [5.41, 5.74) is 2.50. The lowest BCUT2D eigenvalue weighted by molar-refractivity contribution is 0.0502. The second kappa shape index (κ2) is 6.84. The van der Waals surface area contributed by atoms with Gasteiger partial charge >= 0.3 is 5.97 Å². The summed E-state index contributed by atoms with van der Waals surface area (Å²) >= 11 is 0. The number of ether oxygens (including phenoxy) is 1. The summed E-state index contributed by atoms with van der Waals surface area (Å²) < 4.78 is 5.35. The molecule has 0 bridgehead atoms. The van der Waals surface area contributed by atoms with Crippen molar-refractivity contribution < 1.29 is 9.53 Å². The van der Waals surface area contributed by atoms with Crippen LogP contribution in [0.4, 0.5) is 0 Å². The smallest absolute Gasteiger partial charge is 0.339 e. The van der Waals surface area contributed by atoms with Gasteiger partial charge in [0.1, 0.15) is 5.82 Å². The van der Waals surface area contributed by atoms with Crippen LogP contribution in [-0.4, -0.2) is 27.5 Å². The van der Waals surface area contributed by atoms with Crippen molar-refractivity contribution in [3.05, 3.63) is 76.3 Å². The van der Waals surface area contributed by atoms with Gasteiger partial charge in [0.25, 0.3) is 0 Å². The minimum atomic E-state index is -0.489. The first-order valence-electron chi connectivity index (χ1n) is 8.43. The highest BCUT2D eigenvalue weighted by molar-refractivity contribution is 6.03. The molecule has 0 spiro atoms. The van der Waals surface area contributed by atoms with E-state index < -0.39 is 5.97 Å². The lowest BCUT2D eigenvalue weighted by Crippen LogP contribution is -2.13. The van der Waals surface area contributed by atoms with Crippen molar-refractivity contribution in [1.82, 2.24) is 15.0 Å². The first-order valence-corrected chi connectivity index (χ1v) is 8.43. The molecule has 2 aromatic carbocycles. The largest absolute Gasteiger partial charge is 0.462 e. The number of imidazole rings is 1. The fourth-order valence-corrected chi connectivity index (χ4v) is 2.98. The minimum absolute atomic E-state index is 0.261. The molecule has 0 amide bonds. The number of nitrogens with zero attached hydrogens (tertiary/aromatic N) is 1. The van der Waals surface area contributed by atoms with Crippen LogP contribution in [0.3, 0.4) is 0 Å². The molecule has 0 saturated carbocycles. The molecular weight excluding hydrogens is 330 g/mol. The van der Waals surface area contributed by atoms with E-state index in [1.165, 1.54) is 6.07 Å². The number of aromatic nitrogens is 3. The summed E-state index contributed by atoms with van der Waals surface area (Å²) in [5.74, 6) is 0.376. The summed E-state index contributed by atoms with van der Waals surface area (Å²) in [6, 6.07) is 16.3. The number of carbonyl (C=O) groups excluding carboxylic acids is 1. The average molecular weight is 347 g/mol. The molecule has 0 unspecified atom stereocenters. The van der Waals surface area contributed by atoms with Gasteiger partial charge in [-0.15, -0.1) is 0 Å². The fraction of sp³-hybridized carbons (Fsp3) is 0.150. The molecule has 0 fully saturated rings. The number of aryl methyl sites for hydroxylation is 1. The topological polar surface area (TPSA) is 87.8 Å². The van der Waals surface area contributed by atoms with Crippen molar-refractivity contribution in [1.29, 1.82) is 0 Å². The van der Waals surface area contributed by atoms with Gasteiger partial charge in [0, 0.05) is 23.4 Å². The van der Waals surface area contributed by atoms with E-state index in [-0.39, 0.29) is 17.7 Å².